The van der Waals surface area contributed by atoms with E-state index in [9.17, 15) is 4.79 Å². The monoisotopic (exact) mass is 262 g/mol. The molecule has 104 valence electrons. The molecule has 1 aromatic rings. The smallest absolute Gasteiger partial charge is 0.249 e. The van der Waals surface area contributed by atoms with Crippen molar-refractivity contribution < 1.29 is 9.21 Å². The molecule has 0 N–H and O–H groups in total. The van der Waals surface area contributed by atoms with Crippen LogP contribution in [-0.2, 0) is 11.3 Å². The van der Waals surface area contributed by atoms with Gasteiger partial charge in [-0.3, -0.25) is 9.69 Å². The molecule has 2 rings (SSSR count). The summed E-state index contributed by atoms with van der Waals surface area (Å²) >= 11 is 0. The van der Waals surface area contributed by atoms with Crippen LogP contribution in [0.2, 0.25) is 0 Å². The SMILES string of the molecule is CC/C=C(\C)C(=O)N1CCN(Cc2ccco2)CC1. The van der Waals surface area contributed by atoms with Crippen LogP contribution in [0.5, 0.6) is 0 Å². The average Bonchev–Trinajstić information content (AvgIpc) is 2.92. The highest BCUT2D eigenvalue weighted by molar-refractivity contribution is 5.92. The molecule has 1 saturated heterocycles. The molecule has 1 aliphatic rings. The zero-order chi connectivity index (χ0) is 13.7. The maximum Gasteiger partial charge on any atom is 0.249 e. The zero-order valence-corrected chi connectivity index (χ0v) is 11.8. The summed E-state index contributed by atoms with van der Waals surface area (Å²) in [5.41, 5.74) is 0.863. The topological polar surface area (TPSA) is 36.7 Å². The van der Waals surface area contributed by atoms with Crippen molar-refractivity contribution in [2.24, 2.45) is 0 Å². The van der Waals surface area contributed by atoms with Crippen molar-refractivity contribution in [3.05, 3.63) is 35.8 Å². The predicted molar refractivity (Wildman–Crippen MR) is 74.6 cm³/mol. The molecule has 0 spiro atoms. The van der Waals surface area contributed by atoms with Crippen LogP contribution < -0.4 is 0 Å². The molecule has 1 fully saturated rings. The van der Waals surface area contributed by atoms with Crippen LogP contribution in [0, 0.1) is 0 Å². The fourth-order valence-electron chi connectivity index (χ4n) is 2.37. The lowest BCUT2D eigenvalue weighted by Gasteiger charge is -2.34. The summed E-state index contributed by atoms with van der Waals surface area (Å²) in [6.45, 7) is 8.21. The van der Waals surface area contributed by atoms with Gasteiger partial charge in [0.1, 0.15) is 5.76 Å². The van der Waals surface area contributed by atoms with E-state index in [1.807, 2.05) is 30.0 Å². The van der Waals surface area contributed by atoms with Gasteiger partial charge in [-0.25, -0.2) is 0 Å². The van der Waals surface area contributed by atoms with E-state index in [1.54, 1.807) is 6.26 Å². The minimum absolute atomic E-state index is 0.180. The number of hydrogen-bond donors (Lipinski definition) is 0. The lowest BCUT2D eigenvalue weighted by atomic mass is 10.2. The van der Waals surface area contributed by atoms with Crippen molar-refractivity contribution in [1.29, 1.82) is 0 Å². The van der Waals surface area contributed by atoms with Crippen LogP contribution in [-0.4, -0.2) is 41.9 Å². The lowest BCUT2D eigenvalue weighted by molar-refractivity contribution is -0.128. The van der Waals surface area contributed by atoms with Crippen molar-refractivity contribution in [1.82, 2.24) is 9.80 Å². The van der Waals surface area contributed by atoms with Gasteiger partial charge < -0.3 is 9.32 Å². The van der Waals surface area contributed by atoms with Crippen molar-refractivity contribution in [2.75, 3.05) is 26.2 Å². The van der Waals surface area contributed by atoms with E-state index in [2.05, 4.69) is 11.8 Å². The first-order chi connectivity index (χ1) is 9.20. The zero-order valence-electron chi connectivity index (χ0n) is 11.8. The molecular weight excluding hydrogens is 240 g/mol. The molecule has 0 atom stereocenters. The Morgan fingerprint density at radius 1 is 1.37 bits per heavy atom. The van der Waals surface area contributed by atoms with E-state index in [0.717, 1.165) is 50.5 Å². The molecule has 0 aliphatic carbocycles. The van der Waals surface area contributed by atoms with Gasteiger partial charge in [0, 0.05) is 31.8 Å². The first kappa shape index (κ1) is 13.9. The van der Waals surface area contributed by atoms with Crippen LogP contribution in [0.25, 0.3) is 0 Å². The molecule has 1 aromatic heterocycles. The molecule has 0 unspecified atom stereocenters. The highest BCUT2D eigenvalue weighted by Crippen LogP contribution is 2.11. The van der Waals surface area contributed by atoms with Gasteiger partial charge in [-0.2, -0.15) is 0 Å². The summed E-state index contributed by atoms with van der Waals surface area (Å²) < 4.78 is 5.35. The predicted octanol–water partition coefficient (Wildman–Crippen LogP) is 2.28. The van der Waals surface area contributed by atoms with E-state index in [-0.39, 0.29) is 5.91 Å². The molecule has 4 heteroatoms. The number of allylic oxidation sites excluding steroid dienone is 1. The summed E-state index contributed by atoms with van der Waals surface area (Å²) in [4.78, 5) is 16.4. The highest BCUT2D eigenvalue weighted by atomic mass is 16.3. The molecule has 2 heterocycles. The van der Waals surface area contributed by atoms with E-state index in [4.69, 9.17) is 4.42 Å². The summed E-state index contributed by atoms with van der Waals surface area (Å²) in [6, 6.07) is 3.90. The van der Waals surface area contributed by atoms with Gasteiger partial charge in [0.25, 0.3) is 0 Å². The number of nitrogens with zero attached hydrogens (tertiary/aromatic N) is 2. The Hall–Kier alpha value is -1.55. The van der Waals surface area contributed by atoms with Crippen molar-refractivity contribution in [3.8, 4) is 0 Å². The third kappa shape index (κ3) is 3.70. The van der Waals surface area contributed by atoms with Crippen LogP contribution in [0.1, 0.15) is 26.0 Å². The lowest BCUT2D eigenvalue weighted by Crippen LogP contribution is -2.48. The van der Waals surface area contributed by atoms with Crippen LogP contribution >= 0.6 is 0 Å². The summed E-state index contributed by atoms with van der Waals surface area (Å²) in [7, 11) is 0. The number of hydrogen-bond acceptors (Lipinski definition) is 3. The van der Waals surface area contributed by atoms with Gasteiger partial charge in [-0.15, -0.1) is 0 Å². The van der Waals surface area contributed by atoms with Crippen molar-refractivity contribution in [3.63, 3.8) is 0 Å². The Morgan fingerprint density at radius 3 is 2.68 bits per heavy atom. The first-order valence-electron chi connectivity index (χ1n) is 6.91. The molecule has 0 radical (unpaired) electrons. The Kier molecular flexibility index (Phi) is 4.80. The second-order valence-corrected chi connectivity index (χ2v) is 4.94. The van der Waals surface area contributed by atoms with Gasteiger partial charge in [0.05, 0.1) is 12.8 Å². The first-order valence-corrected chi connectivity index (χ1v) is 6.91. The molecule has 1 amide bonds. The van der Waals surface area contributed by atoms with E-state index < -0.39 is 0 Å². The minimum atomic E-state index is 0.180. The maximum absolute atomic E-state index is 12.1. The van der Waals surface area contributed by atoms with Crippen molar-refractivity contribution in [2.45, 2.75) is 26.8 Å². The fraction of sp³-hybridized carbons (Fsp3) is 0.533. The van der Waals surface area contributed by atoms with Crippen LogP contribution in [0.15, 0.2) is 34.5 Å². The number of amides is 1. The number of piperazine rings is 1. The van der Waals surface area contributed by atoms with Gasteiger partial charge in [-0.1, -0.05) is 13.0 Å². The molecule has 0 saturated carbocycles. The minimum Gasteiger partial charge on any atom is -0.468 e. The standard InChI is InChI=1S/C15H22N2O2/c1-3-5-13(2)15(18)17-9-7-16(8-10-17)12-14-6-4-11-19-14/h4-6,11H,3,7-10,12H2,1-2H3/b13-5+. The Bertz CT molecular complexity index is 429. The second kappa shape index (κ2) is 6.57. The van der Waals surface area contributed by atoms with Crippen molar-refractivity contribution >= 4 is 5.91 Å². The van der Waals surface area contributed by atoms with E-state index in [0.29, 0.717) is 0 Å². The third-order valence-corrected chi connectivity index (χ3v) is 3.47. The number of furan rings is 1. The summed E-state index contributed by atoms with van der Waals surface area (Å²) in [6.07, 6.45) is 4.61. The second-order valence-electron chi connectivity index (χ2n) is 4.94. The van der Waals surface area contributed by atoms with E-state index in [1.165, 1.54) is 0 Å². The largest absolute Gasteiger partial charge is 0.468 e. The molecule has 1 aliphatic heterocycles. The number of rotatable bonds is 4. The Labute approximate surface area is 114 Å². The quantitative estimate of drug-likeness (QED) is 0.781. The summed E-state index contributed by atoms with van der Waals surface area (Å²) in [5, 5.41) is 0. The van der Waals surface area contributed by atoms with E-state index >= 15 is 0 Å². The molecule has 0 bridgehead atoms. The number of carbonyl (C=O) groups is 1. The Balaban J connectivity index is 1.82. The molecular formula is C15H22N2O2. The third-order valence-electron chi connectivity index (χ3n) is 3.47. The molecule has 0 aromatic carbocycles. The normalized spacial score (nSPS) is 17.8. The number of carbonyl (C=O) groups excluding carboxylic acids is 1. The van der Waals surface area contributed by atoms with Gasteiger partial charge in [0.15, 0.2) is 0 Å². The summed E-state index contributed by atoms with van der Waals surface area (Å²) in [5.74, 6) is 1.17. The molecule has 19 heavy (non-hydrogen) atoms. The van der Waals surface area contributed by atoms with Crippen LogP contribution in [0.4, 0.5) is 0 Å². The molecule has 4 nitrogen and oxygen atoms in total. The Morgan fingerprint density at radius 2 is 2.11 bits per heavy atom. The van der Waals surface area contributed by atoms with Gasteiger partial charge in [-0.05, 0) is 25.5 Å². The van der Waals surface area contributed by atoms with Gasteiger partial charge in [0.2, 0.25) is 5.91 Å². The average molecular weight is 262 g/mol. The van der Waals surface area contributed by atoms with Crippen LogP contribution in [0.3, 0.4) is 0 Å². The highest BCUT2D eigenvalue weighted by Gasteiger charge is 2.22. The van der Waals surface area contributed by atoms with Gasteiger partial charge >= 0.3 is 0 Å². The maximum atomic E-state index is 12.1. The fourth-order valence-corrected chi connectivity index (χ4v) is 2.37.